The van der Waals surface area contributed by atoms with Crippen LogP contribution in [0, 0.1) is 40.4 Å². The van der Waals surface area contributed by atoms with Crippen LogP contribution in [0.3, 0.4) is 0 Å². The van der Waals surface area contributed by atoms with Crippen molar-refractivity contribution in [3.8, 4) is 0 Å². The molecule has 3 unspecified atom stereocenters. The number of rotatable bonds is 6. The van der Waals surface area contributed by atoms with Gasteiger partial charge in [0, 0.05) is 22.0 Å². The van der Waals surface area contributed by atoms with Crippen LogP contribution in [0.4, 0.5) is 0 Å². The normalized spacial score (nSPS) is 47.3. The average molecular weight is 605 g/mol. The van der Waals surface area contributed by atoms with Gasteiger partial charge in [-0.05, 0) is 93.3 Å². The minimum atomic E-state index is -0.611. The molecule has 0 aliphatic heterocycles. The summed E-state index contributed by atoms with van der Waals surface area (Å²) in [4.78, 5) is 12.7. The van der Waals surface area contributed by atoms with E-state index >= 15 is 0 Å². The first kappa shape index (κ1) is 27.4. The number of alkyl halides is 2. The van der Waals surface area contributed by atoms with E-state index in [9.17, 15) is 9.90 Å². The number of halogens is 2. The molecule has 0 heterocycles. The molecule has 0 spiro atoms. The highest BCUT2D eigenvalue weighted by Crippen LogP contribution is 2.71. The van der Waals surface area contributed by atoms with Crippen LogP contribution in [0.15, 0.2) is 0 Å². The second-order valence-electron chi connectivity index (χ2n) is 13.7. The average Bonchev–Trinajstić information content (AvgIpc) is 3.00. The van der Waals surface area contributed by atoms with Gasteiger partial charge in [0.2, 0.25) is 0 Å². The van der Waals surface area contributed by atoms with E-state index in [2.05, 4.69) is 52.6 Å². The molecular formula is C29H48Br2O3. The Balaban J connectivity index is 1.61. The first-order valence-corrected chi connectivity index (χ1v) is 15.7. The monoisotopic (exact) mass is 602 g/mol. The highest BCUT2D eigenvalue weighted by atomic mass is 79.9. The van der Waals surface area contributed by atoms with Gasteiger partial charge in [-0.25, -0.2) is 0 Å². The first-order chi connectivity index (χ1) is 15.7. The molecular weight excluding hydrogens is 556 g/mol. The van der Waals surface area contributed by atoms with Crippen LogP contribution in [0.1, 0.15) is 112 Å². The first-order valence-electron chi connectivity index (χ1n) is 14.0. The Morgan fingerprint density at radius 1 is 1.15 bits per heavy atom. The molecule has 0 radical (unpaired) electrons. The van der Waals surface area contributed by atoms with Crippen LogP contribution < -0.4 is 0 Å². The molecule has 3 nitrogen and oxygen atoms in total. The van der Waals surface area contributed by atoms with Crippen molar-refractivity contribution in [3.05, 3.63) is 0 Å². The Labute approximate surface area is 225 Å². The molecule has 196 valence electrons. The molecule has 5 heteroatoms. The van der Waals surface area contributed by atoms with E-state index in [4.69, 9.17) is 4.74 Å². The van der Waals surface area contributed by atoms with Crippen LogP contribution >= 0.6 is 31.9 Å². The molecule has 4 rings (SSSR count). The summed E-state index contributed by atoms with van der Waals surface area (Å²) in [5.74, 6) is 2.84. The van der Waals surface area contributed by atoms with Crippen LogP contribution in [0.5, 0.6) is 0 Å². The maximum atomic E-state index is 12.2. The van der Waals surface area contributed by atoms with Gasteiger partial charge in [0.25, 0.3) is 0 Å². The Morgan fingerprint density at radius 3 is 2.47 bits per heavy atom. The third-order valence-electron chi connectivity index (χ3n) is 11.1. The van der Waals surface area contributed by atoms with Gasteiger partial charge >= 0.3 is 5.97 Å². The minimum Gasteiger partial charge on any atom is -0.462 e. The van der Waals surface area contributed by atoms with Crippen molar-refractivity contribution in [2.24, 2.45) is 40.4 Å². The Kier molecular flexibility index (Phi) is 7.75. The number of carbonyl (C=O) groups is 1. The van der Waals surface area contributed by atoms with E-state index in [1.807, 2.05) is 13.8 Å². The van der Waals surface area contributed by atoms with Crippen molar-refractivity contribution in [2.75, 3.05) is 0 Å². The molecule has 4 fully saturated rings. The number of carbonyl (C=O) groups excluding carboxylic acids is 1. The highest BCUT2D eigenvalue weighted by Gasteiger charge is 2.67. The van der Waals surface area contributed by atoms with Crippen LogP contribution in [-0.4, -0.2) is 31.9 Å². The van der Waals surface area contributed by atoms with Crippen molar-refractivity contribution in [1.29, 1.82) is 0 Å². The summed E-state index contributed by atoms with van der Waals surface area (Å²) >= 11 is 8.52. The number of fused-ring (bicyclic) bond motifs is 5. The Hall–Kier alpha value is 0.390. The van der Waals surface area contributed by atoms with Gasteiger partial charge in [0.05, 0.1) is 5.60 Å². The summed E-state index contributed by atoms with van der Waals surface area (Å²) in [6.07, 6.45) is 13.1. The summed E-state index contributed by atoms with van der Waals surface area (Å²) in [7, 11) is 0. The predicted octanol–water partition coefficient (Wildman–Crippen LogP) is 8.05. The maximum absolute atomic E-state index is 12.2. The van der Waals surface area contributed by atoms with Gasteiger partial charge in [0.1, 0.15) is 6.10 Å². The molecule has 0 aromatic heterocycles. The predicted molar refractivity (Wildman–Crippen MR) is 146 cm³/mol. The summed E-state index contributed by atoms with van der Waals surface area (Å²) in [5, 5.41) is 10.2. The topological polar surface area (TPSA) is 46.5 Å². The maximum Gasteiger partial charge on any atom is 0.302 e. The fourth-order valence-electron chi connectivity index (χ4n) is 9.62. The number of hydrogen-bond donors (Lipinski definition) is 1. The molecule has 4 aliphatic rings. The van der Waals surface area contributed by atoms with Crippen molar-refractivity contribution < 1.29 is 14.6 Å². The van der Waals surface area contributed by atoms with Crippen molar-refractivity contribution >= 4 is 37.8 Å². The Morgan fingerprint density at radius 2 is 1.82 bits per heavy atom. The molecule has 1 N–H and O–H groups in total. The van der Waals surface area contributed by atoms with E-state index in [0.717, 1.165) is 31.6 Å². The lowest BCUT2D eigenvalue weighted by Crippen LogP contribution is -2.63. The lowest BCUT2D eigenvalue weighted by Gasteiger charge is -2.65. The van der Waals surface area contributed by atoms with E-state index in [1.54, 1.807) is 6.92 Å². The van der Waals surface area contributed by atoms with Gasteiger partial charge in [-0.2, -0.15) is 0 Å². The lowest BCUT2D eigenvalue weighted by atomic mass is 9.44. The molecule has 4 aliphatic carbocycles. The molecule has 0 saturated heterocycles. The standard InChI is InChI=1S/C29H48Br2O3/c1-18(10-9-12-26(3,4)33)25-23(34-19(2)32)17-22-20-16-24(30)29(31)14-8-7-13-28(29,6)21(20)11-15-27(22,25)5/h18,20-25,33H,7-17H2,1-6H3/t18-,20-,21+,22+,23?,24?,25+,27+,28-,29?/m1/s1. The largest absolute Gasteiger partial charge is 0.462 e. The summed E-state index contributed by atoms with van der Waals surface area (Å²) in [6.45, 7) is 12.9. The Bertz CT molecular complexity index is 765. The summed E-state index contributed by atoms with van der Waals surface area (Å²) in [6, 6.07) is 0. The van der Waals surface area contributed by atoms with E-state index in [-0.39, 0.29) is 21.8 Å². The highest BCUT2D eigenvalue weighted by molar-refractivity contribution is 9.12. The summed E-state index contributed by atoms with van der Waals surface area (Å²) in [5.41, 5.74) is -0.0592. The van der Waals surface area contributed by atoms with E-state index < -0.39 is 5.60 Å². The molecule has 0 amide bonds. The van der Waals surface area contributed by atoms with Crippen molar-refractivity contribution in [3.63, 3.8) is 0 Å². The SMILES string of the molecule is CC(=O)OC1C[C@H]2[C@@H]3CC(Br)C4(Br)CCCC[C@]4(C)[C@H]3CC[C@]2(C)[C@H]1[C@H](C)CCCC(C)(C)O. The van der Waals surface area contributed by atoms with Gasteiger partial charge in [0.15, 0.2) is 0 Å². The van der Waals surface area contributed by atoms with Gasteiger partial charge in [-0.3, -0.25) is 4.79 Å². The number of esters is 1. The van der Waals surface area contributed by atoms with Gasteiger partial charge < -0.3 is 9.84 Å². The van der Waals surface area contributed by atoms with Crippen molar-refractivity contribution in [2.45, 2.75) is 133 Å². The number of aliphatic hydroxyl groups is 1. The zero-order chi connectivity index (χ0) is 25.1. The molecule has 0 aromatic rings. The minimum absolute atomic E-state index is 0.0342. The van der Waals surface area contributed by atoms with Crippen LogP contribution in [0.25, 0.3) is 0 Å². The molecule has 10 atom stereocenters. The van der Waals surface area contributed by atoms with E-state index in [1.165, 1.54) is 44.9 Å². The molecule has 0 aromatic carbocycles. The zero-order valence-corrected chi connectivity index (χ0v) is 25.5. The van der Waals surface area contributed by atoms with Crippen LogP contribution in [0.2, 0.25) is 0 Å². The third kappa shape index (κ3) is 4.59. The van der Waals surface area contributed by atoms with E-state index in [0.29, 0.717) is 33.9 Å². The number of hydrogen-bond acceptors (Lipinski definition) is 3. The van der Waals surface area contributed by atoms with Gasteiger partial charge in [-0.1, -0.05) is 78.3 Å². The molecule has 0 bridgehead atoms. The quantitative estimate of drug-likeness (QED) is 0.247. The fourth-order valence-corrected chi connectivity index (χ4v) is 11.8. The second kappa shape index (κ2) is 9.61. The zero-order valence-electron chi connectivity index (χ0n) is 22.3. The molecule has 4 saturated carbocycles. The smallest absolute Gasteiger partial charge is 0.302 e. The lowest BCUT2D eigenvalue weighted by molar-refractivity contribution is -0.150. The summed E-state index contributed by atoms with van der Waals surface area (Å²) < 4.78 is 6.31. The van der Waals surface area contributed by atoms with Crippen molar-refractivity contribution in [1.82, 2.24) is 0 Å². The van der Waals surface area contributed by atoms with Gasteiger partial charge in [-0.15, -0.1) is 0 Å². The number of ether oxygens (including phenoxy) is 1. The van der Waals surface area contributed by atoms with Crippen LogP contribution in [-0.2, 0) is 9.53 Å². The second-order valence-corrected chi connectivity index (χ2v) is 16.2. The fraction of sp³-hybridized carbons (Fsp3) is 0.966. The third-order valence-corrected chi connectivity index (χ3v) is 14.8. The molecule has 34 heavy (non-hydrogen) atoms.